The summed E-state index contributed by atoms with van der Waals surface area (Å²) in [5, 5.41) is 4.69. The first-order valence-corrected chi connectivity index (χ1v) is 8.33. The Balaban J connectivity index is 1.60. The highest BCUT2D eigenvalue weighted by Crippen LogP contribution is 2.36. The van der Waals surface area contributed by atoms with Crippen molar-refractivity contribution in [1.82, 2.24) is 24.6 Å². The van der Waals surface area contributed by atoms with E-state index in [0.29, 0.717) is 18.2 Å². The Kier molecular flexibility index (Phi) is 4.07. The van der Waals surface area contributed by atoms with Gasteiger partial charge in [-0.15, -0.1) is 0 Å². The number of halogens is 1. The number of aromatic nitrogens is 4. The number of aldehydes is 1. The normalized spacial score (nSPS) is 16.8. The van der Waals surface area contributed by atoms with Crippen LogP contribution < -0.4 is 0 Å². The fraction of sp³-hybridized carbons (Fsp3) is 0.222. The third-order valence-corrected chi connectivity index (χ3v) is 4.78. The Bertz CT molecular complexity index is 925. The molecule has 0 radical (unpaired) electrons. The minimum Gasteiger partial charge on any atom is -0.301 e. The maximum atomic E-state index is 11.6. The second-order valence-corrected chi connectivity index (χ2v) is 6.45. The van der Waals surface area contributed by atoms with E-state index in [9.17, 15) is 4.79 Å². The molecule has 0 spiro atoms. The van der Waals surface area contributed by atoms with E-state index in [1.807, 2.05) is 31.5 Å². The monoisotopic (exact) mass is 353 g/mol. The van der Waals surface area contributed by atoms with E-state index in [4.69, 9.17) is 11.6 Å². The largest absolute Gasteiger partial charge is 0.301 e. The first kappa shape index (κ1) is 15.9. The SMILES string of the molecule is Cc1cc(CN2Cc3c(ccnc3Cl)C2C=O)cnc1-n1cccn1. The molecule has 4 rings (SSSR count). The Labute approximate surface area is 150 Å². The number of fused-ring (bicyclic) bond motifs is 1. The van der Waals surface area contributed by atoms with Crippen molar-refractivity contribution >= 4 is 17.9 Å². The van der Waals surface area contributed by atoms with Crippen LogP contribution in [0.4, 0.5) is 0 Å². The molecule has 0 fully saturated rings. The molecule has 1 aliphatic heterocycles. The average Bonchev–Trinajstić information content (AvgIpc) is 3.23. The molecule has 1 atom stereocenters. The third kappa shape index (κ3) is 2.83. The summed E-state index contributed by atoms with van der Waals surface area (Å²) in [5.41, 5.74) is 3.93. The Morgan fingerprint density at radius 2 is 2.24 bits per heavy atom. The van der Waals surface area contributed by atoms with Crippen LogP contribution in [0, 0.1) is 6.92 Å². The van der Waals surface area contributed by atoms with Crippen LogP contribution >= 0.6 is 11.6 Å². The Morgan fingerprint density at radius 3 is 2.96 bits per heavy atom. The first-order valence-electron chi connectivity index (χ1n) is 7.95. The maximum Gasteiger partial charge on any atom is 0.156 e. The zero-order chi connectivity index (χ0) is 17.4. The molecule has 1 unspecified atom stereocenters. The predicted octanol–water partition coefficient (Wildman–Crippen LogP) is 2.88. The highest BCUT2D eigenvalue weighted by Gasteiger charge is 2.31. The summed E-state index contributed by atoms with van der Waals surface area (Å²) < 4.78 is 1.74. The van der Waals surface area contributed by atoms with Gasteiger partial charge in [0.15, 0.2) is 5.82 Å². The second-order valence-electron chi connectivity index (χ2n) is 6.09. The van der Waals surface area contributed by atoms with Crippen molar-refractivity contribution in [2.75, 3.05) is 0 Å². The van der Waals surface area contributed by atoms with E-state index in [1.54, 1.807) is 17.1 Å². The van der Waals surface area contributed by atoms with Gasteiger partial charge in [0.2, 0.25) is 0 Å². The summed E-state index contributed by atoms with van der Waals surface area (Å²) >= 11 is 6.19. The molecule has 4 heterocycles. The number of rotatable bonds is 4. The average molecular weight is 354 g/mol. The van der Waals surface area contributed by atoms with E-state index >= 15 is 0 Å². The lowest BCUT2D eigenvalue weighted by atomic mass is 10.1. The molecule has 0 bridgehead atoms. The van der Waals surface area contributed by atoms with Crippen LogP contribution in [0.25, 0.3) is 5.82 Å². The number of carbonyl (C=O) groups excluding carboxylic acids is 1. The number of hydrogen-bond donors (Lipinski definition) is 0. The second kappa shape index (κ2) is 6.38. The van der Waals surface area contributed by atoms with Gasteiger partial charge in [-0.3, -0.25) is 4.90 Å². The van der Waals surface area contributed by atoms with Crippen LogP contribution in [-0.4, -0.2) is 30.9 Å². The molecule has 0 amide bonds. The van der Waals surface area contributed by atoms with Crippen molar-refractivity contribution in [2.45, 2.75) is 26.1 Å². The topological polar surface area (TPSA) is 63.9 Å². The summed E-state index contributed by atoms with van der Waals surface area (Å²) in [7, 11) is 0. The van der Waals surface area contributed by atoms with Crippen molar-refractivity contribution in [3.8, 4) is 5.82 Å². The van der Waals surface area contributed by atoms with E-state index in [-0.39, 0.29) is 6.04 Å². The zero-order valence-electron chi connectivity index (χ0n) is 13.6. The van der Waals surface area contributed by atoms with Gasteiger partial charge in [-0.25, -0.2) is 14.6 Å². The van der Waals surface area contributed by atoms with Crippen molar-refractivity contribution in [1.29, 1.82) is 0 Å². The summed E-state index contributed by atoms with van der Waals surface area (Å²) in [6.45, 7) is 3.22. The molecule has 0 N–H and O–H groups in total. The van der Waals surface area contributed by atoms with E-state index in [2.05, 4.69) is 26.0 Å². The molecule has 7 heteroatoms. The van der Waals surface area contributed by atoms with Crippen LogP contribution in [0.1, 0.15) is 28.3 Å². The number of hydrogen-bond acceptors (Lipinski definition) is 5. The van der Waals surface area contributed by atoms with Gasteiger partial charge in [0, 0.05) is 43.4 Å². The molecule has 6 nitrogen and oxygen atoms in total. The number of aryl methyl sites for hydroxylation is 1. The fourth-order valence-electron chi connectivity index (χ4n) is 3.31. The zero-order valence-corrected chi connectivity index (χ0v) is 14.4. The molecule has 0 saturated heterocycles. The number of pyridine rings is 2. The van der Waals surface area contributed by atoms with Gasteiger partial charge in [-0.1, -0.05) is 11.6 Å². The molecule has 0 aliphatic carbocycles. The van der Waals surface area contributed by atoms with Crippen LogP contribution in [-0.2, 0) is 17.9 Å². The standard InChI is InChI=1S/C18H16ClN5O/c1-12-7-13(8-21-18(12)24-6-2-4-22-24)9-23-10-15-14(16(23)11-25)3-5-20-17(15)19/h2-8,11,16H,9-10H2,1H3. The first-order chi connectivity index (χ1) is 12.2. The molecule has 0 saturated carbocycles. The summed E-state index contributed by atoms with van der Waals surface area (Å²) in [6, 6.07) is 5.50. The molecule has 126 valence electrons. The van der Waals surface area contributed by atoms with Gasteiger partial charge in [0.25, 0.3) is 0 Å². The van der Waals surface area contributed by atoms with Gasteiger partial charge in [-0.05, 0) is 41.8 Å². The summed E-state index contributed by atoms with van der Waals surface area (Å²) in [5.74, 6) is 0.803. The minimum atomic E-state index is -0.304. The smallest absolute Gasteiger partial charge is 0.156 e. The maximum absolute atomic E-state index is 11.6. The van der Waals surface area contributed by atoms with Crippen molar-refractivity contribution in [3.63, 3.8) is 0 Å². The third-order valence-electron chi connectivity index (χ3n) is 4.46. The molecule has 3 aromatic heterocycles. The van der Waals surface area contributed by atoms with E-state index in [1.165, 1.54) is 0 Å². The van der Waals surface area contributed by atoms with Crippen LogP contribution in [0.5, 0.6) is 0 Å². The highest BCUT2D eigenvalue weighted by atomic mass is 35.5. The molecule has 1 aliphatic rings. The lowest BCUT2D eigenvalue weighted by molar-refractivity contribution is -0.112. The van der Waals surface area contributed by atoms with Crippen molar-refractivity contribution < 1.29 is 4.79 Å². The van der Waals surface area contributed by atoms with Gasteiger partial charge >= 0.3 is 0 Å². The fourth-order valence-corrected chi connectivity index (χ4v) is 3.53. The van der Waals surface area contributed by atoms with Crippen molar-refractivity contribution in [2.24, 2.45) is 0 Å². The minimum absolute atomic E-state index is 0.304. The predicted molar refractivity (Wildman–Crippen MR) is 93.4 cm³/mol. The molecular weight excluding hydrogens is 338 g/mol. The van der Waals surface area contributed by atoms with Crippen molar-refractivity contribution in [3.05, 3.63) is 70.4 Å². The Morgan fingerprint density at radius 1 is 1.36 bits per heavy atom. The molecule has 25 heavy (non-hydrogen) atoms. The van der Waals surface area contributed by atoms with E-state index in [0.717, 1.165) is 34.4 Å². The number of carbonyl (C=O) groups is 1. The van der Waals surface area contributed by atoms with Gasteiger partial charge in [-0.2, -0.15) is 5.10 Å². The summed E-state index contributed by atoms with van der Waals surface area (Å²) in [4.78, 5) is 22.3. The lowest BCUT2D eigenvalue weighted by Crippen LogP contribution is -2.23. The number of nitrogens with zero attached hydrogens (tertiary/aromatic N) is 5. The molecule has 3 aromatic rings. The van der Waals surface area contributed by atoms with E-state index < -0.39 is 0 Å². The van der Waals surface area contributed by atoms with Gasteiger partial charge < -0.3 is 4.79 Å². The van der Waals surface area contributed by atoms with Gasteiger partial charge in [0.1, 0.15) is 11.4 Å². The lowest BCUT2D eigenvalue weighted by Gasteiger charge is -2.20. The van der Waals surface area contributed by atoms with Crippen LogP contribution in [0.3, 0.4) is 0 Å². The van der Waals surface area contributed by atoms with Crippen LogP contribution in [0.15, 0.2) is 43.0 Å². The summed E-state index contributed by atoms with van der Waals surface area (Å²) in [6.07, 6.45) is 8.02. The Hall–Kier alpha value is -2.57. The molecular formula is C18H16ClN5O. The quantitative estimate of drug-likeness (QED) is 0.533. The van der Waals surface area contributed by atoms with Gasteiger partial charge in [0.05, 0.1) is 6.04 Å². The van der Waals surface area contributed by atoms with Crippen LogP contribution in [0.2, 0.25) is 5.15 Å². The molecule has 0 aromatic carbocycles. The highest BCUT2D eigenvalue weighted by molar-refractivity contribution is 6.30.